The number of carbonyl (C=O) groups is 2. The van der Waals surface area contributed by atoms with E-state index >= 15 is 0 Å². The molecule has 0 aromatic heterocycles. The van der Waals surface area contributed by atoms with Crippen LogP contribution in [0.2, 0.25) is 5.02 Å². The topological polar surface area (TPSA) is 84.7 Å². The van der Waals surface area contributed by atoms with Crippen molar-refractivity contribution in [3.63, 3.8) is 0 Å². The zero-order chi connectivity index (χ0) is 22.2. The van der Waals surface area contributed by atoms with Gasteiger partial charge in [-0.25, -0.2) is 0 Å². The van der Waals surface area contributed by atoms with Crippen molar-refractivity contribution >= 4 is 29.1 Å². The predicted octanol–water partition coefficient (Wildman–Crippen LogP) is 4.47. The lowest BCUT2D eigenvalue weighted by Gasteiger charge is -2.24. The van der Waals surface area contributed by atoms with Gasteiger partial charge in [0.15, 0.2) is 0 Å². The third-order valence-corrected chi connectivity index (χ3v) is 6.03. The maximum Gasteiger partial charge on any atom is 0.254 e. The van der Waals surface area contributed by atoms with Gasteiger partial charge in [0.1, 0.15) is 5.75 Å². The van der Waals surface area contributed by atoms with Gasteiger partial charge in [-0.2, -0.15) is 0 Å². The van der Waals surface area contributed by atoms with E-state index in [1.807, 2.05) is 6.07 Å². The third-order valence-electron chi connectivity index (χ3n) is 5.66. The molecule has 3 N–H and O–H groups in total. The molecule has 0 saturated heterocycles. The van der Waals surface area contributed by atoms with E-state index in [9.17, 15) is 9.59 Å². The highest BCUT2D eigenvalue weighted by atomic mass is 35.5. The summed E-state index contributed by atoms with van der Waals surface area (Å²) in [5.74, 6) is 0.725. The van der Waals surface area contributed by atoms with E-state index < -0.39 is 0 Å². The molecule has 3 rings (SSSR count). The van der Waals surface area contributed by atoms with Gasteiger partial charge in [0.2, 0.25) is 5.91 Å². The van der Waals surface area contributed by atoms with Crippen LogP contribution in [-0.2, 0) is 11.3 Å². The first-order chi connectivity index (χ1) is 15.0. The van der Waals surface area contributed by atoms with Gasteiger partial charge >= 0.3 is 0 Å². The van der Waals surface area contributed by atoms with E-state index in [1.165, 1.54) is 0 Å². The molecule has 0 atom stereocenters. The molecule has 0 unspecified atom stereocenters. The Morgan fingerprint density at radius 1 is 1.16 bits per heavy atom. The highest BCUT2D eigenvalue weighted by Crippen LogP contribution is 2.28. The van der Waals surface area contributed by atoms with Crippen LogP contribution in [0.3, 0.4) is 0 Å². The Labute approximate surface area is 188 Å². The Hall–Kier alpha value is -2.57. The summed E-state index contributed by atoms with van der Waals surface area (Å²) in [7, 11) is 1.59. The number of halogens is 1. The van der Waals surface area contributed by atoms with Gasteiger partial charge in [-0.15, -0.1) is 0 Å². The van der Waals surface area contributed by atoms with Gasteiger partial charge in [0.25, 0.3) is 5.91 Å². The second kappa shape index (κ2) is 11.2. The van der Waals surface area contributed by atoms with Crippen LogP contribution in [0.4, 0.5) is 5.69 Å². The fraction of sp³-hybridized carbons (Fsp3) is 0.417. The van der Waals surface area contributed by atoms with Gasteiger partial charge < -0.3 is 20.7 Å². The van der Waals surface area contributed by atoms with Crippen LogP contribution < -0.4 is 15.8 Å². The van der Waals surface area contributed by atoms with Crippen molar-refractivity contribution in [2.24, 2.45) is 11.7 Å². The lowest BCUT2D eigenvalue weighted by Crippen LogP contribution is -2.32. The Balaban J connectivity index is 1.76. The maximum atomic E-state index is 13.1. The number of rotatable bonds is 9. The molecule has 0 heterocycles. The van der Waals surface area contributed by atoms with E-state index in [0.717, 1.165) is 31.2 Å². The zero-order valence-corrected chi connectivity index (χ0v) is 18.7. The summed E-state index contributed by atoms with van der Waals surface area (Å²) in [5, 5.41) is 3.56. The minimum atomic E-state index is -0.104. The molecule has 1 aliphatic carbocycles. The minimum absolute atomic E-state index is 0.0556. The Morgan fingerprint density at radius 3 is 2.52 bits per heavy atom. The van der Waals surface area contributed by atoms with Gasteiger partial charge in [-0.1, -0.05) is 24.4 Å². The summed E-state index contributed by atoms with van der Waals surface area (Å²) in [6.07, 6.45) is 4.77. The smallest absolute Gasteiger partial charge is 0.254 e. The third kappa shape index (κ3) is 6.21. The van der Waals surface area contributed by atoms with Crippen LogP contribution in [0.1, 0.15) is 48.0 Å². The van der Waals surface area contributed by atoms with E-state index in [2.05, 4.69) is 5.32 Å². The van der Waals surface area contributed by atoms with Crippen molar-refractivity contribution in [1.82, 2.24) is 4.90 Å². The molecular formula is C24H30ClN3O3. The van der Waals surface area contributed by atoms with Crippen molar-refractivity contribution in [1.29, 1.82) is 0 Å². The van der Waals surface area contributed by atoms with Gasteiger partial charge in [-0.3, -0.25) is 9.59 Å². The summed E-state index contributed by atoms with van der Waals surface area (Å²) in [6.45, 7) is 1.32. The van der Waals surface area contributed by atoms with Crippen molar-refractivity contribution in [2.75, 3.05) is 25.5 Å². The summed E-state index contributed by atoms with van der Waals surface area (Å²) in [4.78, 5) is 27.4. The van der Waals surface area contributed by atoms with Gasteiger partial charge in [-0.05, 0) is 73.8 Å². The lowest BCUT2D eigenvalue weighted by atomic mass is 10.1. The van der Waals surface area contributed by atoms with Crippen molar-refractivity contribution in [3.05, 3.63) is 58.6 Å². The minimum Gasteiger partial charge on any atom is -0.497 e. The molecule has 0 aliphatic heterocycles. The zero-order valence-electron chi connectivity index (χ0n) is 17.9. The van der Waals surface area contributed by atoms with Crippen molar-refractivity contribution in [3.8, 4) is 5.75 Å². The number of methoxy groups -OCH3 is 1. The SMILES string of the molecule is COc1ccc(C(=O)N(CCCN)Cc2cc(NC(=O)C3CCCC3)ccc2Cl)cc1. The molecule has 6 nitrogen and oxygen atoms in total. The number of amides is 2. The molecule has 7 heteroatoms. The van der Waals surface area contributed by atoms with Crippen LogP contribution in [0.25, 0.3) is 0 Å². The van der Waals surface area contributed by atoms with Crippen LogP contribution >= 0.6 is 11.6 Å². The van der Waals surface area contributed by atoms with Crippen LogP contribution in [0, 0.1) is 5.92 Å². The highest BCUT2D eigenvalue weighted by Gasteiger charge is 2.23. The molecule has 2 aromatic carbocycles. The van der Waals surface area contributed by atoms with Crippen LogP contribution in [-0.4, -0.2) is 36.9 Å². The number of carbonyl (C=O) groups excluding carboxylic acids is 2. The number of benzene rings is 2. The monoisotopic (exact) mass is 443 g/mol. The molecule has 1 fully saturated rings. The molecule has 166 valence electrons. The number of ether oxygens (including phenoxy) is 1. The summed E-state index contributed by atoms with van der Waals surface area (Å²) in [6, 6.07) is 12.4. The standard InChI is InChI=1S/C24H30ClN3O3/c1-31-21-10-7-18(8-11-21)24(30)28(14-4-13-26)16-19-15-20(9-12-22(19)25)27-23(29)17-5-2-3-6-17/h7-12,15,17H,2-6,13-14,16,26H2,1H3,(H,27,29). The first kappa shape index (κ1) is 23.1. The largest absolute Gasteiger partial charge is 0.497 e. The van der Waals surface area contributed by atoms with Crippen molar-refractivity contribution < 1.29 is 14.3 Å². The quantitative estimate of drug-likeness (QED) is 0.598. The number of nitrogens with two attached hydrogens (primary N) is 1. The van der Waals surface area contributed by atoms with E-state index in [-0.39, 0.29) is 17.7 Å². The molecule has 2 amide bonds. The number of nitrogens with one attached hydrogen (secondary N) is 1. The Kier molecular flexibility index (Phi) is 8.32. The summed E-state index contributed by atoms with van der Waals surface area (Å²) < 4.78 is 5.17. The Morgan fingerprint density at radius 2 is 1.87 bits per heavy atom. The molecule has 0 radical (unpaired) electrons. The number of nitrogens with zero attached hydrogens (tertiary/aromatic N) is 1. The molecule has 1 saturated carbocycles. The molecule has 0 spiro atoms. The van der Waals surface area contributed by atoms with Crippen LogP contribution in [0.15, 0.2) is 42.5 Å². The average molecular weight is 444 g/mol. The summed E-state index contributed by atoms with van der Waals surface area (Å²) >= 11 is 6.44. The first-order valence-corrected chi connectivity index (χ1v) is 11.1. The second-order valence-corrected chi connectivity index (χ2v) is 8.28. The second-order valence-electron chi connectivity index (χ2n) is 7.87. The lowest BCUT2D eigenvalue weighted by molar-refractivity contribution is -0.119. The van der Waals surface area contributed by atoms with Crippen LogP contribution in [0.5, 0.6) is 5.75 Å². The summed E-state index contributed by atoms with van der Waals surface area (Å²) in [5.41, 5.74) is 7.74. The number of hydrogen-bond acceptors (Lipinski definition) is 4. The molecule has 31 heavy (non-hydrogen) atoms. The van der Waals surface area contributed by atoms with Gasteiger partial charge in [0.05, 0.1) is 7.11 Å². The highest BCUT2D eigenvalue weighted by molar-refractivity contribution is 6.31. The Bertz CT molecular complexity index is 895. The van der Waals surface area contributed by atoms with E-state index in [0.29, 0.717) is 48.1 Å². The molecular weight excluding hydrogens is 414 g/mol. The van der Waals surface area contributed by atoms with Gasteiger partial charge in [0, 0.05) is 35.3 Å². The number of hydrogen-bond donors (Lipinski definition) is 2. The van der Waals surface area contributed by atoms with E-state index in [4.69, 9.17) is 22.1 Å². The van der Waals surface area contributed by atoms with E-state index in [1.54, 1.807) is 48.4 Å². The van der Waals surface area contributed by atoms with Crippen molar-refractivity contribution in [2.45, 2.75) is 38.6 Å². The molecule has 1 aliphatic rings. The normalized spacial score (nSPS) is 13.8. The molecule has 2 aromatic rings. The predicted molar refractivity (Wildman–Crippen MR) is 123 cm³/mol. The first-order valence-electron chi connectivity index (χ1n) is 10.7. The fourth-order valence-electron chi connectivity index (χ4n) is 3.86. The number of anilines is 1. The maximum absolute atomic E-state index is 13.1. The average Bonchev–Trinajstić information content (AvgIpc) is 3.33. The molecule has 0 bridgehead atoms. The fourth-order valence-corrected chi connectivity index (χ4v) is 4.04.